The van der Waals surface area contributed by atoms with Gasteiger partial charge in [0.15, 0.2) is 0 Å². The summed E-state index contributed by atoms with van der Waals surface area (Å²) in [5.41, 5.74) is 5.93. The Morgan fingerprint density at radius 2 is 1.71 bits per heavy atom. The molecule has 0 saturated heterocycles. The van der Waals surface area contributed by atoms with Crippen LogP contribution in [-0.4, -0.2) is 72.2 Å². The Labute approximate surface area is 331 Å². The van der Waals surface area contributed by atoms with Gasteiger partial charge in [0.2, 0.25) is 5.79 Å². The summed E-state index contributed by atoms with van der Waals surface area (Å²) in [7, 11) is 1.73. The van der Waals surface area contributed by atoms with Crippen molar-refractivity contribution in [3.05, 3.63) is 113 Å². The highest BCUT2D eigenvalue weighted by Gasteiger charge is 2.65. The number of benzene rings is 3. The average Bonchev–Trinajstić information content (AvgIpc) is 3.21. The Morgan fingerprint density at radius 1 is 0.982 bits per heavy atom. The molecule has 0 radical (unpaired) electrons. The molecule has 1 saturated carbocycles. The molecular weight excluding hydrogens is 709 g/mol. The lowest BCUT2D eigenvalue weighted by Crippen LogP contribution is -2.69. The molecule has 3 aromatic carbocycles. The molecule has 10 heteroatoms. The molecule has 10 nitrogen and oxygen atoms in total. The second-order valence-electron chi connectivity index (χ2n) is 15.2. The minimum Gasteiger partial charge on any atom is -0.459 e. The topological polar surface area (TPSA) is 119 Å². The summed E-state index contributed by atoms with van der Waals surface area (Å²) in [5.74, 6) is 0.392. The van der Waals surface area contributed by atoms with Crippen LogP contribution in [0, 0.1) is 31.6 Å². The van der Waals surface area contributed by atoms with Crippen LogP contribution in [-0.2, 0) is 20.9 Å². The second kappa shape index (κ2) is 19.0. The molecule has 0 bridgehead atoms. The highest BCUT2D eigenvalue weighted by Crippen LogP contribution is 2.62. The number of hydrogen-bond acceptors (Lipinski definition) is 9. The summed E-state index contributed by atoms with van der Waals surface area (Å²) in [6, 6.07) is 21.0. The molecular formula is C46H58N2O8. The summed E-state index contributed by atoms with van der Waals surface area (Å²) >= 11 is 0. The highest BCUT2D eigenvalue weighted by atomic mass is 16.7. The van der Waals surface area contributed by atoms with Crippen LogP contribution in [0.15, 0.2) is 96.2 Å². The van der Waals surface area contributed by atoms with Crippen LogP contribution in [0.4, 0.5) is 4.79 Å². The third kappa shape index (κ3) is 8.83. The predicted molar refractivity (Wildman–Crippen MR) is 217 cm³/mol. The lowest BCUT2D eigenvalue weighted by atomic mass is 9.55. The second-order valence-corrected chi connectivity index (χ2v) is 15.2. The number of nitrogens with zero attached hydrogens (tertiary/aromatic N) is 2. The fraction of sp³-hybridized carbons (Fsp3) is 0.478. The monoisotopic (exact) mass is 766 g/mol. The van der Waals surface area contributed by atoms with Gasteiger partial charge in [-0.3, -0.25) is 0 Å². The molecule has 0 spiro atoms. The van der Waals surface area contributed by atoms with Crippen molar-refractivity contribution in [2.75, 3.05) is 33.5 Å². The number of likely N-dealkylation sites (N-methyl/N-ethyl adjacent to an activating group) is 1. The standard InChI is InChI=1S/C46H58N2O8/c1-6-25-53-46-42(48(5)45(51)52-30-33-15-9-8-10-16-33)29-40(47-54-7-2)38-27-34(17-11-13-23-49)37(18-12-14-24-50)43(44(38)46)39-28-36(21-22-41(39)56-46)55-35-20-19-31(3)32(4)26-35/h6,8-10,15-16,19-22,26-28,34,37,42-44,49-50H,1,7,11-14,17-18,23-25,29-30H2,2-5H3. The van der Waals surface area contributed by atoms with Gasteiger partial charge in [-0.25, -0.2) is 4.79 Å². The van der Waals surface area contributed by atoms with Crippen molar-refractivity contribution in [3.8, 4) is 17.2 Å². The first kappa shape index (κ1) is 41.0. The van der Waals surface area contributed by atoms with Crippen LogP contribution in [0.25, 0.3) is 0 Å². The molecule has 6 unspecified atom stereocenters. The van der Waals surface area contributed by atoms with Gasteiger partial charge in [-0.15, -0.1) is 6.58 Å². The van der Waals surface area contributed by atoms with E-state index in [4.69, 9.17) is 28.9 Å². The smallest absolute Gasteiger partial charge is 0.410 e. The molecule has 1 amide bonds. The van der Waals surface area contributed by atoms with Crippen LogP contribution in [0.1, 0.15) is 80.0 Å². The SMILES string of the molecule is C=CCOC12Oc3ccc(Oc4ccc(C)c(C)c4)cc3C3C(CCCCO)C(CCCCO)C=C(C(=NOCC)CC1N(C)C(=O)OCc1ccccc1)C32. The zero-order chi connectivity index (χ0) is 39.7. The number of aliphatic hydroxyl groups is 2. The number of hydrogen-bond donors (Lipinski definition) is 2. The maximum atomic E-state index is 14.0. The van der Waals surface area contributed by atoms with Gasteiger partial charge in [-0.1, -0.05) is 66.5 Å². The van der Waals surface area contributed by atoms with E-state index in [2.05, 4.69) is 38.6 Å². The lowest BCUT2D eigenvalue weighted by Gasteiger charge is -2.59. The Balaban J connectivity index is 1.52. The number of ether oxygens (including phenoxy) is 4. The van der Waals surface area contributed by atoms with E-state index in [-0.39, 0.29) is 44.2 Å². The molecule has 1 aliphatic heterocycles. The predicted octanol–water partition coefficient (Wildman–Crippen LogP) is 9.02. The van der Waals surface area contributed by atoms with Gasteiger partial charge < -0.3 is 38.9 Å². The fourth-order valence-corrected chi connectivity index (χ4v) is 8.80. The molecule has 300 valence electrons. The van der Waals surface area contributed by atoms with Gasteiger partial charge in [0, 0.05) is 38.2 Å². The molecule has 3 aromatic rings. The van der Waals surface area contributed by atoms with E-state index in [9.17, 15) is 15.0 Å². The molecule has 56 heavy (non-hydrogen) atoms. The quantitative estimate of drug-likeness (QED) is 0.0748. The molecule has 1 fully saturated rings. The van der Waals surface area contributed by atoms with Crippen LogP contribution in [0.3, 0.4) is 0 Å². The van der Waals surface area contributed by atoms with Crippen molar-refractivity contribution in [2.24, 2.45) is 22.9 Å². The number of unbranched alkanes of at least 4 members (excludes halogenated alkanes) is 2. The highest BCUT2D eigenvalue weighted by molar-refractivity contribution is 6.02. The fourth-order valence-electron chi connectivity index (χ4n) is 8.80. The Bertz CT molecular complexity index is 1860. The van der Waals surface area contributed by atoms with Crippen LogP contribution in [0.5, 0.6) is 17.2 Å². The largest absolute Gasteiger partial charge is 0.459 e. The minimum atomic E-state index is -1.36. The van der Waals surface area contributed by atoms with Gasteiger partial charge >= 0.3 is 6.09 Å². The Kier molecular flexibility index (Phi) is 13.9. The number of carbonyl (C=O) groups excluding carboxylic acids is 1. The van der Waals surface area contributed by atoms with Gasteiger partial charge in [0.05, 0.1) is 18.2 Å². The third-order valence-corrected chi connectivity index (χ3v) is 11.6. The molecule has 6 atom stereocenters. The van der Waals surface area contributed by atoms with E-state index in [0.29, 0.717) is 37.4 Å². The molecule has 1 heterocycles. The van der Waals surface area contributed by atoms with E-state index in [1.807, 2.05) is 61.5 Å². The zero-order valence-electron chi connectivity index (χ0n) is 33.3. The van der Waals surface area contributed by atoms with Crippen molar-refractivity contribution < 1.29 is 38.8 Å². The number of aryl methyl sites for hydroxylation is 2. The van der Waals surface area contributed by atoms with Gasteiger partial charge in [0.25, 0.3) is 0 Å². The molecule has 2 N–H and O–H groups in total. The van der Waals surface area contributed by atoms with Crippen molar-refractivity contribution >= 4 is 11.8 Å². The normalized spacial score (nSPS) is 24.3. The number of oxime groups is 1. The van der Waals surface area contributed by atoms with Crippen LogP contribution in [0.2, 0.25) is 0 Å². The summed E-state index contributed by atoms with van der Waals surface area (Å²) in [6.07, 6.45) is 8.60. The number of rotatable bonds is 18. The van der Waals surface area contributed by atoms with Gasteiger partial charge in [0.1, 0.15) is 36.5 Å². The first-order chi connectivity index (χ1) is 27.2. The van der Waals surface area contributed by atoms with E-state index < -0.39 is 23.8 Å². The number of carbonyl (C=O) groups is 1. The minimum absolute atomic E-state index is 0.0997. The maximum Gasteiger partial charge on any atom is 0.410 e. The Morgan fingerprint density at radius 3 is 2.43 bits per heavy atom. The first-order valence-electron chi connectivity index (χ1n) is 20.1. The summed E-state index contributed by atoms with van der Waals surface area (Å²) in [4.78, 5) is 21.4. The van der Waals surface area contributed by atoms with E-state index in [0.717, 1.165) is 59.4 Å². The molecule has 2 aliphatic carbocycles. The molecule has 6 rings (SSSR count). The van der Waals surface area contributed by atoms with E-state index in [1.165, 1.54) is 5.56 Å². The number of allylic oxidation sites excluding steroid dienone is 1. The van der Waals surface area contributed by atoms with Crippen molar-refractivity contribution in [2.45, 2.75) is 90.1 Å². The lowest BCUT2D eigenvalue weighted by molar-refractivity contribution is -0.253. The number of aliphatic hydroxyl groups excluding tert-OH is 2. The van der Waals surface area contributed by atoms with Gasteiger partial charge in [-0.05, 0) is 111 Å². The summed E-state index contributed by atoms with van der Waals surface area (Å²) in [6.45, 7) is 11.0. The summed E-state index contributed by atoms with van der Waals surface area (Å²) in [5, 5.41) is 24.4. The van der Waals surface area contributed by atoms with Crippen LogP contribution >= 0.6 is 0 Å². The van der Waals surface area contributed by atoms with Crippen LogP contribution < -0.4 is 9.47 Å². The summed E-state index contributed by atoms with van der Waals surface area (Å²) < 4.78 is 26.6. The van der Waals surface area contributed by atoms with Gasteiger partial charge in [-0.2, -0.15) is 0 Å². The first-order valence-corrected chi connectivity index (χ1v) is 20.1. The third-order valence-electron chi connectivity index (χ3n) is 11.6. The zero-order valence-corrected chi connectivity index (χ0v) is 33.3. The number of fused-ring (bicyclic) bond motifs is 2. The van der Waals surface area contributed by atoms with Crippen molar-refractivity contribution in [3.63, 3.8) is 0 Å². The molecule has 3 aliphatic rings. The Hall–Kier alpha value is -4.64. The number of amides is 1. The van der Waals surface area contributed by atoms with E-state index >= 15 is 0 Å². The maximum absolute atomic E-state index is 14.0. The van der Waals surface area contributed by atoms with Crippen molar-refractivity contribution in [1.82, 2.24) is 4.90 Å². The van der Waals surface area contributed by atoms with E-state index in [1.54, 1.807) is 18.0 Å². The average molecular weight is 767 g/mol. The molecule has 0 aromatic heterocycles. The van der Waals surface area contributed by atoms with Crippen molar-refractivity contribution in [1.29, 1.82) is 0 Å².